The lowest BCUT2D eigenvalue weighted by molar-refractivity contribution is -0.384. The molecule has 5 rings (SSSR count). The third-order valence-corrected chi connectivity index (χ3v) is 9.52. The fourth-order valence-corrected chi connectivity index (χ4v) is 7.33. The van der Waals surface area contributed by atoms with Gasteiger partial charge in [-0.15, -0.1) is 0 Å². The van der Waals surface area contributed by atoms with Crippen molar-refractivity contribution in [3.05, 3.63) is 52.1 Å². The summed E-state index contributed by atoms with van der Waals surface area (Å²) in [5, 5.41) is 11.4. The van der Waals surface area contributed by atoms with Crippen LogP contribution in [0.4, 0.5) is 22.7 Å². The topological polar surface area (TPSA) is 99.4 Å². The van der Waals surface area contributed by atoms with Crippen LogP contribution in [-0.4, -0.2) is 63.1 Å². The second-order valence-corrected chi connectivity index (χ2v) is 12.0. The molecule has 37 heavy (non-hydrogen) atoms. The molecule has 3 heterocycles. The van der Waals surface area contributed by atoms with Crippen LogP contribution < -0.4 is 9.80 Å². The van der Waals surface area contributed by atoms with Gasteiger partial charge in [0.15, 0.2) is 0 Å². The van der Waals surface area contributed by atoms with Gasteiger partial charge in [0.05, 0.1) is 16.3 Å². The van der Waals surface area contributed by atoms with Gasteiger partial charge >= 0.3 is 0 Å². The van der Waals surface area contributed by atoms with Crippen LogP contribution in [0.15, 0.2) is 46.3 Å². The number of hydrogen-bond acceptors (Lipinski definition) is 7. The van der Waals surface area contributed by atoms with Crippen molar-refractivity contribution in [1.29, 1.82) is 0 Å². The van der Waals surface area contributed by atoms with Gasteiger partial charge in [0, 0.05) is 68.9 Å². The van der Waals surface area contributed by atoms with Gasteiger partial charge in [-0.05, 0) is 69.2 Å². The van der Waals surface area contributed by atoms with Crippen LogP contribution in [0.1, 0.15) is 56.9 Å². The summed E-state index contributed by atoms with van der Waals surface area (Å²) in [6, 6.07) is 10.3. The van der Waals surface area contributed by atoms with E-state index in [0.717, 1.165) is 88.9 Å². The molecule has 0 aromatic heterocycles. The standard InChI is InChI=1S/C27H35N5O4S/c33-32(34)24-10-12-25(29-15-7-8-16-29)22(19-24)21-28-23-9-11-26(30-13-3-1-4-14-30)27(20-23)37(35,36)31-17-5-2-6-18-31/h9-12,19-21H,1-8,13-18H2. The average Bonchev–Trinajstić information content (AvgIpc) is 3.47. The van der Waals surface area contributed by atoms with E-state index in [4.69, 9.17) is 0 Å². The fourth-order valence-electron chi connectivity index (χ4n) is 5.58. The molecule has 0 amide bonds. The van der Waals surface area contributed by atoms with Crippen molar-refractivity contribution in [2.75, 3.05) is 49.1 Å². The molecule has 3 fully saturated rings. The van der Waals surface area contributed by atoms with Crippen LogP contribution in [0.5, 0.6) is 0 Å². The summed E-state index contributed by atoms with van der Waals surface area (Å²) in [5.41, 5.74) is 2.86. The molecule has 0 N–H and O–H groups in total. The van der Waals surface area contributed by atoms with Crippen molar-refractivity contribution >= 4 is 39.0 Å². The minimum absolute atomic E-state index is 0.0122. The monoisotopic (exact) mass is 525 g/mol. The second-order valence-electron chi connectivity index (χ2n) is 10.1. The van der Waals surface area contributed by atoms with Crippen molar-refractivity contribution < 1.29 is 13.3 Å². The molecule has 9 nitrogen and oxygen atoms in total. The van der Waals surface area contributed by atoms with E-state index in [9.17, 15) is 18.5 Å². The highest BCUT2D eigenvalue weighted by atomic mass is 32.2. The summed E-state index contributed by atoms with van der Waals surface area (Å²) >= 11 is 0. The highest BCUT2D eigenvalue weighted by Crippen LogP contribution is 2.35. The maximum absolute atomic E-state index is 13.8. The third kappa shape index (κ3) is 5.65. The van der Waals surface area contributed by atoms with E-state index in [1.807, 2.05) is 12.1 Å². The van der Waals surface area contributed by atoms with Gasteiger partial charge in [-0.3, -0.25) is 15.1 Å². The number of benzene rings is 2. The van der Waals surface area contributed by atoms with Crippen LogP contribution in [-0.2, 0) is 10.0 Å². The van der Waals surface area contributed by atoms with Gasteiger partial charge in [-0.1, -0.05) is 6.42 Å². The summed E-state index contributed by atoms with van der Waals surface area (Å²) in [5.74, 6) is 0. The molecule has 3 aliphatic heterocycles. The van der Waals surface area contributed by atoms with Crippen LogP contribution in [0.3, 0.4) is 0 Å². The predicted octanol–water partition coefficient (Wildman–Crippen LogP) is 5.11. The minimum atomic E-state index is -3.67. The average molecular weight is 526 g/mol. The van der Waals surface area contributed by atoms with E-state index in [1.165, 1.54) is 6.07 Å². The summed E-state index contributed by atoms with van der Waals surface area (Å²) in [6.07, 6.45) is 9.88. The number of piperidine rings is 2. The van der Waals surface area contributed by atoms with Crippen LogP contribution >= 0.6 is 0 Å². The maximum Gasteiger partial charge on any atom is 0.270 e. The number of aliphatic imine (C=N–C) groups is 1. The molecule has 0 unspecified atom stereocenters. The Labute approximate surface area is 219 Å². The van der Waals surface area contributed by atoms with Crippen molar-refractivity contribution in [2.24, 2.45) is 4.99 Å². The number of nitrogens with zero attached hydrogens (tertiary/aromatic N) is 5. The number of anilines is 2. The minimum Gasteiger partial charge on any atom is -0.371 e. The molecule has 0 bridgehead atoms. The predicted molar refractivity (Wildman–Crippen MR) is 147 cm³/mol. The zero-order valence-corrected chi connectivity index (χ0v) is 22.0. The lowest BCUT2D eigenvalue weighted by Gasteiger charge is -2.32. The third-order valence-electron chi connectivity index (χ3n) is 7.59. The summed E-state index contributed by atoms with van der Waals surface area (Å²) in [4.78, 5) is 20.4. The number of sulfonamides is 1. The van der Waals surface area contributed by atoms with Gasteiger partial charge in [0.2, 0.25) is 10.0 Å². The molecule has 2 aromatic carbocycles. The number of nitro benzene ring substituents is 1. The molecular formula is C27H35N5O4S. The molecule has 0 aliphatic carbocycles. The molecule has 10 heteroatoms. The molecule has 0 saturated carbocycles. The fraction of sp³-hybridized carbons (Fsp3) is 0.519. The maximum atomic E-state index is 13.8. The van der Waals surface area contributed by atoms with Crippen LogP contribution in [0.2, 0.25) is 0 Å². The molecule has 0 spiro atoms. The Morgan fingerprint density at radius 1 is 0.757 bits per heavy atom. The Morgan fingerprint density at radius 2 is 1.32 bits per heavy atom. The van der Waals surface area contributed by atoms with Gasteiger partial charge in [-0.25, -0.2) is 8.42 Å². The van der Waals surface area contributed by atoms with Crippen LogP contribution in [0, 0.1) is 10.1 Å². The van der Waals surface area contributed by atoms with E-state index in [-0.39, 0.29) is 5.69 Å². The van der Waals surface area contributed by atoms with Crippen molar-refractivity contribution in [1.82, 2.24) is 4.31 Å². The Kier molecular flexibility index (Phi) is 7.76. The number of nitro groups is 1. The molecular weight excluding hydrogens is 490 g/mol. The van der Waals surface area contributed by atoms with Crippen LogP contribution in [0.25, 0.3) is 0 Å². The first-order chi connectivity index (χ1) is 17.9. The summed E-state index contributed by atoms with van der Waals surface area (Å²) in [7, 11) is -3.67. The molecule has 3 aliphatic rings. The SMILES string of the molecule is O=[N+]([O-])c1ccc(N2CCCC2)c(C=Nc2ccc(N3CCCCC3)c(S(=O)(=O)N3CCCCC3)c2)c1. The van der Waals surface area contributed by atoms with E-state index < -0.39 is 14.9 Å². The van der Waals surface area contributed by atoms with E-state index >= 15 is 0 Å². The van der Waals surface area contributed by atoms with Gasteiger partial charge in [0.1, 0.15) is 4.90 Å². The highest BCUT2D eigenvalue weighted by Gasteiger charge is 2.30. The van der Waals surface area contributed by atoms with Gasteiger partial charge in [0.25, 0.3) is 5.69 Å². The quantitative estimate of drug-likeness (QED) is 0.283. The van der Waals surface area contributed by atoms with Crippen molar-refractivity contribution in [3.63, 3.8) is 0 Å². The zero-order valence-electron chi connectivity index (χ0n) is 21.2. The first-order valence-corrected chi connectivity index (χ1v) is 14.8. The zero-order chi connectivity index (χ0) is 25.8. The highest BCUT2D eigenvalue weighted by molar-refractivity contribution is 7.89. The number of rotatable bonds is 7. The number of hydrogen-bond donors (Lipinski definition) is 0. The second kappa shape index (κ2) is 11.2. The molecule has 0 radical (unpaired) electrons. The van der Waals surface area contributed by atoms with E-state index in [0.29, 0.717) is 29.2 Å². The lowest BCUT2D eigenvalue weighted by atomic mass is 10.1. The molecule has 198 valence electrons. The molecule has 0 atom stereocenters. The molecule has 3 saturated heterocycles. The van der Waals surface area contributed by atoms with Crippen molar-refractivity contribution in [3.8, 4) is 0 Å². The Morgan fingerprint density at radius 3 is 1.97 bits per heavy atom. The van der Waals surface area contributed by atoms with Crippen molar-refractivity contribution in [2.45, 2.75) is 56.3 Å². The smallest absolute Gasteiger partial charge is 0.270 e. The van der Waals surface area contributed by atoms with Gasteiger partial charge < -0.3 is 9.80 Å². The Hall–Kier alpha value is -2.98. The van der Waals surface area contributed by atoms with Gasteiger partial charge in [-0.2, -0.15) is 4.31 Å². The Bertz CT molecular complexity index is 1260. The number of non-ortho nitro benzene ring substituents is 1. The normalized spacial score (nSPS) is 19.6. The first-order valence-electron chi connectivity index (χ1n) is 13.4. The molecule has 2 aromatic rings. The largest absolute Gasteiger partial charge is 0.371 e. The van der Waals surface area contributed by atoms with E-state index in [1.54, 1.807) is 28.7 Å². The van der Waals surface area contributed by atoms with E-state index in [2.05, 4.69) is 14.8 Å². The lowest BCUT2D eigenvalue weighted by Crippen LogP contribution is -2.37. The first kappa shape index (κ1) is 25.7. The summed E-state index contributed by atoms with van der Waals surface area (Å²) in [6.45, 7) is 4.59. The summed E-state index contributed by atoms with van der Waals surface area (Å²) < 4.78 is 29.2. The Balaban J connectivity index is 1.52.